The third kappa shape index (κ3) is 2.27. The van der Waals surface area contributed by atoms with Crippen LogP contribution in [0.25, 0.3) is 10.9 Å². The van der Waals surface area contributed by atoms with Crippen LogP contribution in [0.3, 0.4) is 0 Å². The third-order valence-electron chi connectivity index (χ3n) is 3.69. The normalized spacial score (nSPS) is 22.7. The molecule has 0 amide bonds. The van der Waals surface area contributed by atoms with Crippen molar-refractivity contribution in [3.63, 3.8) is 0 Å². The summed E-state index contributed by atoms with van der Waals surface area (Å²) in [7, 11) is 0. The number of ether oxygens (including phenoxy) is 1. The van der Waals surface area contributed by atoms with Gasteiger partial charge < -0.3 is 9.30 Å². The quantitative estimate of drug-likeness (QED) is 0.790. The van der Waals surface area contributed by atoms with Crippen LogP contribution in [-0.4, -0.2) is 16.3 Å². The van der Waals surface area contributed by atoms with Crippen LogP contribution < -0.4 is 0 Å². The Morgan fingerprint density at radius 2 is 2.22 bits per heavy atom. The summed E-state index contributed by atoms with van der Waals surface area (Å²) in [6.45, 7) is 5.26. The first-order valence-corrected chi connectivity index (χ1v) is 6.83. The highest BCUT2D eigenvalue weighted by atomic mass is 35.5. The summed E-state index contributed by atoms with van der Waals surface area (Å²) in [5, 5.41) is 1.98. The number of rotatable bonds is 2. The largest absolute Gasteiger partial charge is 0.370 e. The molecule has 1 aliphatic heterocycles. The maximum Gasteiger partial charge on any atom is 0.0762 e. The SMILES string of the molecule is CC1(C)CCC(Cn2ccc3cc(Cl)ccc32)O1. The summed E-state index contributed by atoms with van der Waals surface area (Å²) in [4.78, 5) is 0. The molecule has 96 valence electrons. The van der Waals surface area contributed by atoms with E-state index < -0.39 is 0 Å². The van der Waals surface area contributed by atoms with E-state index in [0.717, 1.165) is 24.4 Å². The van der Waals surface area contributed by atoms with Crippen LogP contribution in [0.5, 0.6) is 0 Å². The Bertz CT molecular complexity index is 573. The zero-order valence-corrected chi connectivity index (χ0v) is 11.6. The second-order valence-electron chi connectivity index (χ2n) is 5.71. The van der Waals surface area contributed by atoms with E-state index >= 15 is 0 Å². The summed E-state index contributed by atoms with van der Waals surface area (Å²) in [6, 6.07) is 8.14. The molecule has 1 aromatic carbocycles. The van der Waals surface area contributed by atoms with E-state index in [0.29, 0.717) is 6.10 Å². The van der Waals surface area contributed by atoms with Crippen LogP contribution in [0.15, 0.2) is 30.5 Å². The molecule has 0 aliphatic carbocycles. The second kappa shape index (κ2) is 4.29. The van der Waals surface area contributed by atoms with E-state index in [2.05, 4.69) is 36.7 Å². The van der Waals surface area contributed by atoms with Gasteiger partial charge in [-0.15, -0.1) is 0 Å². The first-order chi connectivity index (χ1) is 8.53. The first kappa shape index (κ1) is 12.1. The highest BCUT2D eigenvalue weighted by Gasteiger charge is 2.31. The van der Waals surface area contributed by atoms with Crippen molar-refractivity contribution in [3.05, 3.63) is 35.5 Å². The van der Waals surface area contributed by atoms with Gasteiger partial charge >= 0.3 is 0 Å². The van der Waals surface area contributed by atoms with Gasteiger partial charge in [-0.3, -0.25) is 0 Å². The lowest BCUT2D eigenvalue weighted by Crippen LogP contribution is -2.22. The number of hydrogen-bond donors (Lipinski definition) is 0. The topological polar surface area (TPSA) is 14.2 Å². The molecular formula is C15H18ClNO. The first-order valence-electron chi connectivity index (χ1n) is 6.46. The van der Waals surface area contributed by atoms with Crippen LogP contribution in [0.1, 0.15) is 26.7 Å². The molecule has 0 radical (unpaired) electrons. The van der Waals surface area contributed by atoms with Crippen molar-refractivity contribution in [2.45, 2.75) is 44.9 Å². The van der Waals surface area contributed by atoms with E-state index in [4.69, 9.17) is 16.3 Å². The molecule has 0 bridgehead atoms. The molecule has 1 unspecified atom stereocenters. The van der Waals surface area contributed by atoms with Gasteiger partial charge in [0, 0.05) is 28.7 Å². The van der Waals surface area contributed by atoms with Crippen molar-refractivity contribution < 1.29 is 4.74 Å². The molecule has 1 aliphatic rings. The van der Waals surface area contributed by atoms with E-state index in [1.54, 1.807) is 0 Å². The van der Waals surface area contributed by atoms with Gasteiger partial charge in [0.1, 0.15) is 0 Å². The van der Waals surface area contributed by atoms with Crippen molar-refractivity contribution in [2.75, 3.05) is 0 Å². The molecule has 0 saturated carbocycles. The fourth-order valence-electron chi connectivity index (χ4n) is 2.76. The van der Waals surface area contributed by atoms with Gasteiger partial charge in [0.15, 0.2) is 0 Å². The highest BCUT2D eigenvalue weighted by molar-refractivity contribution is 6.31. The molecule has 1 aromatic heterocycles. The minimum atomic E-state index is 0.0386. The summed E-state index contributed by atoms with van der Waals surface area (Å²) in [6.07, 6.45) is 4.73. The van der Waals surface area contributed by atoms with E-state index in [1.165, 1.54) is 10.9 Å². The molecule has 3 rings (SSSR count). The molecule has 1 saturated heterocycles. The summed E-state index contributed by atoms with van der Waals surface area (Å²) < 4.78 is 8.31. The third-order valence-corrected chi connectivity index (χ3v) is 3.92. The van der Waals surface area contributed by atoms with E-state index in [-0.39, 0.29) is 5.60 Å². The predicted octanol–water partition coefficient (Wildman–Crippen LogP) is 4.25. The van der Waals surface area contributed by atoms with Gasteiger partial charge in [-0.2, -0.15) is 0 Å². The summed E-state index contributed by atoms with van der Waals surface area (Å²) in [5.41, 5.74) is 1.27. The standard InChI is InChI=1S/C15H18ClNO/c1-15(2)7-5-13(18-15)10-17-8-6-11-9-12(16)3-4-14(11)17/h3-4,6,8-9,13H,5,7,10H2,1-2H3. The van der Waals surface area contributed by atoms with Gasteiger partial charge in [-0.1, -0.05) is 11.6 Å². The number of hydrogen-bond acceptors (Lipinski definition) is 1. The van der Waals surface area contributed by atoms with Gasteiger partial charge in [0.25, 0.3) is 0 Å². The van der Waals surface area contributed by atoms with Crippen LogP contribution in [0.2, 0.25) is 5.02 Å². The smallest absolute Gasteiger partial charge is 0.0762 e. The average molecular weight is 264 g/mol. The Morgan fingerprint density at radius 1 is 1.39 bits per heavy atom. The Balaban J connectivity index is 1.83. The zero-order valence-electron chi connectivity index (χ0n) is 10.8. The molecule has 2 heterocycles. The van der Waals surface area contributed by atoms with E-state index in [1.807, 2.05) is 12.1 Å². The van der Waals surface area contributed by atoms with Gasteiger partial charge in [-0.05, 0) is 51.0 Å². The highest BCUT2D eigenvalue weighted by Crippen LogP contribution is 2.31. The molecule has 2 aromatic rings. The summed E-state index contributed by atoms with van der Waals surface area (Å²) >= 11 is 6.00. The van der Waals surface area contributed by atoms with E-state index in [9.17, 15) is 0 Å². The van der Waals surface area contributed by atoms with Crippen LogP contribution in [0.4, 0.5) is 0 Å². The van der Waals surface area contributed by atoms with Crippen molar-refractivity contribution in [1.82, 2.24) is 4.57 Å². The number of fused-ring (bicyclic) bond motifs is 1. The summed E-state index contributed by atoms with van der Waals surface area (Å²) in [5.74, 6) is 0. The molecule has 1 atom stereocenters. The Labute approximate surface area is 112 Å². The molecular weight excluding hydrogens is 246 g/mol. The lowest BCUT2D eigenvalue weighted by molar-refractivity contribution is -0.0212. The second-order valence-corrected chi connectivity index (χ2v) is 6.15. The van der Waals surface area contributed by atoms with Crippen molar-refractivity contribution in [1.29, 1.82) is 0 Å². The monoisotopic (exact) mass is 263 g/mol. The maximum absolute atomic E-state index is 6.05. The molecule has 1 fully saturated rings. The van der Waals surface area contributed by atoms with Crippen LogP contribution in [-0.2, 0) is 11.3 Å². The minimum Gasteiger partial charge on any atom is -0.370 e. The van der Waals surface area contributed by atoms with Crippen LogP contribution in [0, 0.1) is 0 Å². The Kier molecular flexibility index (Phi) is 2.87. The van der Waals surface area contributed by atoms with Gasteiger partial charge in [0.2, 0.25) is 0 Å². The lowest BCUT2D eigenvalue weighted by atomic mass is 10.1. The molecule has 0 N–H and O–H groups in total. The Morgan fingerprint density at radius 3 is 2.94 bits per heavy atom. The minimum absolute atomic E-state index is 0.0386. The average Bonchev–Trinajstić information content (AvgIpc) is 2.83. The molecule has 3 heteroatoms. The predicted molar refractivity (Wildman–Crippen MR) is 75.1 cm³/mol. The lowest BCUT2D eigenvalue weighted by Gasteiger charge is -2.19. The maximum atomic E-state index is 6.05. The zero-order chi connectivity index (χ0) is 12.8. The number of aromatic nitrogens is 1. The van der Waals surface area contributed by atoms with Crippen molar-refractivity contribution in [2.24, 2.45) is 0 Å². The fraction of sp³-hybridized carbons (Fsp3) is 0.467. The Hall–Kier alpha value is -0.990. The van der Waals surface area contributed by atoms with Crippen molar-refractivity contribution in [3.8, 4) is 0 Å². The van der Waals surface area contributed by atoms with Gasteiger partial charge in [-0.25, -0.2) is 0 Å². The van der Waals surface area contributed by atoms with Crippen LogP contribution >= 0.6 is 11.6 Å². The number of benzene rings is 1. The number of nitrogens with zero attached hydrogens (tertiary/aromatic N) is 1. The number of halogens is 1. The van der Waals surface area contributed by atoms with Crippen molar-refractivity contribution >= 4 is 22.5 Å². The fourth-order valence-corrected chi connectivity index (χ4v) is 2.94. The molecule has 18 heavy (non-hydrogen) atoms. The molecule has 0 spiro atoms. The van der Waals surface area contributed by atoms with Gasteiger partial charge in [0.05, 0.1) is 11.7 Å². The molecule has 2 nitrogen and oxygen atoms in total.